The van der Waals surface area contributed by atoms with E-state index in [4.69, 9.17) is 0 Å². The summed E-state index contributed by atoms with van der Waals surface area (Å²) in [6.45, 7) is 4.11. The zero-order chi connectivity index (χ0) is 7.11. The average molecular weight is 128 g/mol. The van der Waals surface area contributed by atoms with Gasteiger partial charge in [0, 0.05) is 20.6 Å². The lowest BCUT2D eigenvalue weighted by molar-refractivity contribution is 0.560. The molecule has 0 aliphatic rings. The zero-order valence-corrected chi connectivity index (χ0v) is 6.52. The molecule has 0 unspecified atom stereocenters. The number of nitrogens with one attached hydrogen (secondary N) is 1. The van der Waals surface area contributed by atoms with Crippen LogP contribution in [0.1, 0.15) is 6.92 Å². The van der Waals surface area contributed by atoms with Gasteiger partial charge >= 0.3 is 0 Å². The first kappa shape index (κ1) is 8.50. The fourth-order valence-electron chi connectivity index (χ4n) is 0.491. The molecule has 0 saturated heterocycles. The molecule has 0 aromatic heterocycles. The number of likely N-dealkylation sites (N-methyl/N-ethyl adjacent to an activating group) is 1. The minimum Gasteiger partial charge on any atom is -0.384 e. The molecule has 0 aromatic rings. The number of nitrogens with zero attached hydrogens (tertiary/aromatic N) is 1. The van der Waals surface area contributed by atoms with Crippen LogP contribution in [0.2, 0.25) is 0 Å². The lowest BCUT2D eigenvalue weighted by Crippen LogP contribution is -2.12. The lowest BCUT2D eigenvalue weighted by atomic mass is 10.5. The van der Waals surface area contributed by atoms with E-state index in [9.17, 15) is 0 Å². The Balaban J connectivity index is 3.04. The minimum atomic E-state index is 0.967. The summed E-state index contributed by atoms with van der Waals surface area (Å²) >= 11 is 0. The van der Waals surface area contributed by atoms with Crippen LogP contribution in [0.15, 0.2) is 12.3 Å². The Labute approximate surface area is 57.5 Å². The number of hydrogen-bond acceptors (Lipinski definition) is 2. The van der Waals surface area contributed by atoms with E-state index >= 15 is 0 Å². The molecule has 0 bridgehead atoms. The van der Waals surface area contributed by atoms with Crippen molar-refractivity contribution >= 4 is 0 Å². The number of rotatable bonds is 4. The molecule has 0 radical (unpaired) electrons. The van der Waals surface area contributed by atoms with Crippen LogP contribution in [-0.4, -0.2) is 32.1 Å². The molecule has 54 valence electrons. The Kier molecular flexibility index (Phi) is 5.32. The summed E-state index contributed by atoms with van der Waals surface area (Å²) in [4.78, 5) is 2.03. The SMILES string of the molecule is CCNCC=CN(C)C. The van der Waals surface area contributed by atoms with Crippen molar-refractivity contribution in [2.45, 2.75) is 6.92 Å². The molecule has 9 heavy (non-hydrogen) atoms. The predicted octanol–water partition coefficient (Wildman–Crippen LogP) is 0.671. The summed E-state index contributed by atoms with van der Waals surface area (Å²) in [7, 11) is 4.03. The molecule has 0 heterocycles. The molecule has 2 heteroatoms. The van der Waals surface area contributed by atoms with Crippen LogP contribution in [-0.2, 0) is 0 Å². The van der Waals surface area contributed by atoms with Crippen LogP contribution in [0.5, 0.6) is 0 Å². The van der Waals surface area contributed by atoms with Crippen molar-refractivity contribution in [2.24, 2.45) is 0 Å². The highest BCUT2D eigenvalue weighted by Crippen LogP contribution is 1.74. The van der Waals surface area contributed by atoms with E-state index in [-0.39, 0.29) is 0 Å². The van der Waals surface area contributed by atoms with Gasteiger partial charge in [-0.05, 0) is 12.7 Å². The Hall–Kier alpha value is -0.500. The maximum absolute atomic E-state index is 3.19. The van der Waals surface area contributed by atoms with Gasteiger partial charge in [-0.25, -0.2) is 0 Å². The summed E-state index contributed by atoms with van der Waals surface area (Å²) in [5.41, 5.74) is 0. The predicted molar refractivity (Wildman–Crippen MR) is 41.4 cm³/mol. The highest BCUT2D eigenvalue weighted by Gasteiger charge is 1.75. The topological polar surface area (TPSA) is 15.3 Å². The Bertz CT molecular complexity index is 77.0. The van der Waals surface area contributed by atoms with Crippen LogP contribution >= 0.6 is 0 Å². The van der Waals surface area contributed by atoms with Gasteiger partial charge in [0.2, 0.25) is 0 Å². The van der Waals surface area contributed by atoms with Crippen molar-refractivity contribution in [1.82, 2.24) is 10.2 Å². The average Bonchev–Trinajstić information content (AvgIpc) is 1.80. The van der Waals surface area contributed by atoms with Crippen LogP contribution in [0.25, 0.3) is 0 Å². The van der Waals surface area contributed by atoms with Gasteiger partial charge < -0.3 is 10.2 Å². The maximum Gasteiger partial charge on any atom is 0.0151 e. The van der Waals surface area contributed by atoms with Gasteiger partial charge in [0.15, 0.2) is 0 Å². The molecule has 1 N–H and O–H groups in total. The number of hydrogen-bond donors (Lipinski definition) is 1. The highest BCUT2D eigenvalue weighted by atomic mass is 15.0. The maximum atomic E-state index is 3.19. The van der Waals surface area contributed by atoms with E-state index in [1.54, 1.807) is 0 Å². The van der Waals surface area contributed by atoms with Gasteiger partial charge in [0.25, 0.3) is 0 Å². The molecule has 0 aliphatic carbocycles. The molecule has 0 aromatic carbocycles. The quantitative estimate of drug-likeness (QED) is 0.560. The summed E-state index contributed by atoms with van der Waals surface area (Å²) in [6.07, 6.45) is 4.14. The van der Waals surface area contributed by atoms with Crippen LogP contribution in [0, 0.1) is 0 Å². The summed E-state index contributed by atoms with van der Waals surface area (Å²) in [6, 6.07) is 0. The third kappa shape index (κ3) is 7.50. The van der Waals surface area contributed by atoms with Crippen molar-refractivity contribution < 1.29 is 0 Å². The van der Waals surface area contributed by atoms with Crippen molar-refractivity contribution in [3.05, 3.63) is 12.3 Å². The largest absolute Gasteiger partial charge is 0.384 e. The monoisotopic (exact) mass is 128 g/mol. The fraction of sp³-hybridized carbons (Fsp3) is 0.714. The molecule has 0 fully saturated rings. The first-order valence-corrected chi connectivity index (χ1v) is 3.31. The minimum absolute atomic E-state index is 0.967. The van der Waals surface area contributed by atoms with Gasteiger partial charge in [-0.2, -0.15) is 0 Å². The second kappa shape index (κ2) is 5.63. The molecular formula is C7H16N2. The van der Waals surface area contributed by atoms with Gasteiger partial charge in [-0.15, -0.1) is 0 Å². The summed E-state index contributed by atoms with van der Waals surface area (Å²) in [5.74, 6) is 0. The Morgan fingerprint density at radius 1 is 1.44 bits per heavy atom. The van der Waals surface area contributed by atoms with E-state index in [1.165, 1.54) is 0 Å². The van der Waals surface area contributed by atoms with Gasteiger partial charge in [-0.1, -0.05) is 13.0 Å². The van der Waals surface area contributed by atoms with Crippen molar-refractivity contribution in [3.63, 3.8) is 0 Å². The fourth-order valence-corrected chi connectivity index (χ4v) is 0.491. The van der Waals surface area contributed by atoms with E-state index in [0.717, 1.165) is 13.1 Å². The first-order chi connectivity index (χ1) is 4.27. The van der Waals surface area contributed by atoms with Gasteiger partial charge in [-0.3, -0.25) is 0 Å². The highest BCUT2D eigenvalue weighted by molar-refractivity contribution is 4.80. The van der Waals surface area contributed by atoms with Crippen molar-refractivity contribution in [3.8, 4) is 0 Å². The van der Waals surface area contributed by atoms with Crippen LogP contribution < -0.4 is 5.32 Å². The lowest BCUT2D eigenvalue weighted by Gasteiger charge is -2.02. The van der Waals surface area contributed by atoms with E-state index < -0.39 is 0 Å². The van der Waals surface area contributed by atoms with Crippen LogP contribution in [0.4, 0.5) is 0 Å². The second-order valence-electron chi connectivity index (χ2n) is 2.16. The normalized spacial score (nSPS) is 10.6. The molecule has 0 aliphatic heterocycles. The summed E-state index contributed by atoms with van der Waals surface area (Å²) < 4.78 is 0. The van der Waals surface area contributed by atoms with E-state index in [1.807, 2.05) is 25.2 Å². The molecule has 0 amide bonds. The molecule has 0 rings (SSSR count). The Morgan fingerprint density at radius 3 is 2.56 bits per heavy atom. The molecular weight excluding hydrogens is 112 g/mol. The van der Waals surface area contributed by atoms with Gasteiger partial charge in [0.1, 0.15) is 0 Å². The standard InChI is InChI=1S/C7H16N2/c1-4-8-6-5-7-9(2)3/h5,7-8H,4,6H2,1-3H3. The van der Waals surface area contributed by atoms with Crippen LogP contribution in [0.3, 0.4) is 0 Å². The zero-order valence-electron chi connectivity index (χ0n) is 6.52. The molecule has 0 saturated carbocycles. The molecule has 2 nitrogen and oxygen atoms in total. The second-order valence-corrected chi connectivity index (χ2v) is 2.16. The summed E-state index contributed by atoms with van der Waals surface area (Å²) in [5, 5.41) is 3.19. The van der Waals surface area contributed by atoms with Gasteiger partial charge in [0.05, 0.1) is 0 Å². The first-order valence-electron chi connectivity index (χ1n) is 3.31. The molecule has 0 atom stereocenters. The smallest absolute Gasteiger partial charge is 0.0151 e. The van der Waals surface area contributed by atoms with E-state index in [0.29, 0.717) is 0 Å². The Morgan fingerprint density at radius 2 is 2.11 bits per heavy atom. The van der Waals surface area contributed by atoms with Crippen molar-refractivity contribution in [2.75, 3.05) is 27.2 Å². The van der Waals surface area contributed by atoms with E-state index in [2.05, 4.69) is 18.3 Å². The van der Waals surface area contributed by atoms with Crippen molar-refractivity contribution in [1.29, 1.82) is 0 Å². The third-order valence-electron chi connectivity index (χ3n) is 0.916. The third-order valence-corrected chi connectivity index (χ3v) is 0.916. The molecule has 0 spiro atoms.